The van der Waals surface area contributed by atoms with Gasteiger partial charge in [-0.15, -0.1) is 0 Å². The number of amides is 1. The fourth-order valence-electron chi connectivity index (χ4n) is 1.50. The normalized spacial score (nSPS) is 10.2. The van der Waals surface area contributed by atoms with Crippen molar-refractivity contribution in [1.82, 2.24) is 15.3 Å². The molecule has 19 heavy (non-hydrogen) atoms. The molecule has 0 atom stereocenters. The lowest BCUT2D eigenvalue weighted by Crippen LogP contribution is -2.25. The summed E-state index contributed by atoms with van der Waals surface area (Å²) >= 11 is 5.71. The highest BCUT2D eigenvalue weighted by Gasteiger charge is 2.15. The Bertz CT molecular complexity index is 447. The first-order valence-corrected chi connectivity index (χ1v) is 6.41. The third-order valence-corrected chi connectivity index (χ3v) is 2.53. The summed E-state index contributed by atoms with van der Waals surface area (Å²) in [5.74, 6) is -0.734. The van der Waals surface area contributed by atoms with Gasteiger partial charge in [-0.1, -0.05) is 0 Å². The Hall–Kier alpha value is -1.76. The molecule has 0 aliphatic heterocycles. The second-order valence-corrected chi connectivity index (χ2v) is 4.25. The number of carboxylic acids is 1. The topological polar surface area (TPSA) is 107 Å². The van der Waals surface area contributed by atoms with Gasteiger partial charge in [0.25, 0.3) is 5.91 Å². The van der Waals surface area contributed by atoms with E-state index in [1.165, 1.54) is 0 Å². The van der Waals surface area contributed by atoms with Gasteiger partial charge in [-0.25, -0.2) is 4.98 Å². The third-order valence-electron chi connectivity index (χ3n) is 2.35. The number of anilines is 1. The molecule has 1 aromatic heterocycles. The van der Waals surface area contributed by atoms with Gasteiger partial charge < -0.3 is 20.7 Å². The first-order valence-electron chi connectivity index (χ1n) is 6.04. The number of rotatable bonds is 8. The van der Waals surface area contributed by atoms with E-state index in [4.69, 9.17) is 16.7 Å². The van der Waals surface area contributed by atoms with Crippen molar-refractivity contribution >= 4 is 29.3 Å². The molecule has 1 heterocycles. The van der Waals surface area contributed by atoms with Crippen molar-refractivity contribution in [1.29, 1.82) is 0 Å². The van der Waals surface area contributed by atoms with E-state index in [0.717, 1.165) is 0 Å². The van der Waals surface area contributed by atoms with E-state index in [9.17, 15) is 9.59 Å². The number of carboxylic acid groups (broad SMARTS) is 1. The highest BCUT2D eigenvalue weighted by Crippen LogP contribution is 2.15. The van der Waals surface area contributed by atoms with Gasteiger partial charge in [0.1, 0.15) is 5.69 Å². The zero-order valence-electron chi connectivity index (χ0n) is 10.6. The molecule has 0 bridgehead atoms. The fourth-order valence-corrected chi connectivity index (χ4v) is 1.67. The average Bonchev–Trinajstić information content (AvgIpc) is 2.70. The summed E-state index contributed by atoms with van der Waals surface area (Å²) in [5, 5.41) is 14.2. The number of carbonyl (C=O) groups is 2. The molecule has 7 nitrogen and oxygen atoms in total. The lowest BCUT2D eigenvalue weighted by atomic mass is 10.2. The van der Waals surface area contributed by atoms with E-state index in [1.807, 2.05) is 6.92 Å². The van der Waals surface area contributed by atoms with E-state index >= 15 is 0 Å². The van der Waals surface area contributed by atoms with Crippen LogP contribution >= 0.6 is 11.6 Å². The molecule has 0 unspecified atom stereocenters. The van der Waals surface area contributed by atoms with Crippen LogP contribution in [0, 0.1) is 0 Å². The number of aliphatic carboxylic acids is 1. The third kappa shape index (κ3) is 5.17. The van der Waals surface area contributed by atoms with E-state index in [-0.39, 0.29) is 23.3 Å². The monoisotopic (exact) mass is 288 g/mol. The molecule has 4 N–H and O–H groups in total. The molecule has 1 amide bonds. The van der Waals surface area contributed by atoms with Gasteiger partial charge in [0.05, 0.1) is 0 Å². The minimum absolute atomic E-state index is 0.106. The Kier molecular flexibility index (Phi) is 6.14. The van der Waals surface area contributed by atoms with Crippen molar-refractivity contribution in [2.24, 2.45) is 0 Å². The Morgan fingerprint density at radius 3 is 2.79 bits per heavy atom. The van der Waals surface area contributed by atoms with Crippen molar-refractivity contribution in [3.63, 3.8) is 0 Å². The van der Waals surface area contributed by atoms with Crippen LogP contribution in [-0.2, 0) is 4.79 Å². The maximum atomic E-state index is 11.9. The highest BCUT2D eigenvalue weighted by molar-refractivity contribution is 6.28. The van der Waals surface area contributed by atoms with Gasteiger partial charge in [-0.05, 0) is 31.4 Å². The summed E-state index contributed by atoms with van der Waals surface area (Å²) < 4.78 is 0. The summed E-state index contributed by atoms with van der Waals surface area (Å²) in [5.41, 5.74) is 0.282. The minimum Gasteiger partial charge on any atom is -0.481 e. The van der Waals surface area contributed by atoms with Crippen LogP contribution in [0.1, 0.15) is 36.7 Å². The zero-order valence-corrected chi connectivity index (χ0v) is 11.4. The molecule has 106 valence electrons. The van der Waals surface area contributed by atoms with Crippen LogP contribution in [0.25, 0.3) is 0 Å². The maximum Gasteiger partial charge on any atom is 0.303 e. The Morgan fingerprint density at radius 2 is 2.16 bits per heavy atom. The van der Waals surface area contributed by atoms with Crippen LogP contribution < -0.4 is 10.6 Å². The van der Waals surface area contributed by atoms with E-state index in [0.29, 0.717) is 31.7 Å². The Balaban J connectivity index is 2.42. The largest absolute Gasteiger partial charge is 0.481 e. The molecular weight excluding hydrogens is 272 g/mol. The SMILES string of the molecule is CCNc1nc(Cl)[nH]c1C(=O)NCCCCC(=O)O. The Labute approximate surface area is 115 Å². The summed E-state index contributed by atoms with van der Waals surface area (Å²) in [6.07, 6.45) is 1.24. The van der Waals surface area contributed by atoms with Crippen LogP contribution in [0.3, 0.4) is 0 Å². The molecule has 0 spiro atoms. The molecule has 0 saturated heterocycles. The highest BCUT2D eigenvalue weighted by atomic mass is 35.5. The van der Waals surface area contributed by atoms with Gasteiger partial charge >= 0.3 is 5.97 Å². The van der Waals surface area contributed by atoms with Crippen LogP contribution in [0.2, 0.25) is 5.28 Å². The van der Waals surface area contributed by atoms with Gasteiger partial charge in [0, 0.05) is 19.5 Å². The van der Waals surface area contributed by atoms with Gasteiger partial charge in [-0.3, -0.25) is 9.59 Å². The first-order chi connectivity index (χ1) is 9.04. The van der Waals surface area contributed by atoms with Gasteiger partial charge in [-0.2, -0.15) is 0 Å². The van der Waals surface area contributed by atoms with Crippen LogP contribution in [0.4, 0.5) is 5.82 Å². The zero-order chi connectivity index (χ0) is 14.3. The molecular formula is C11H17ClN4O3. The fraction of sp³-hybridized carbons (Fsp3) is 0.545. The maximum absolute atomic E-state index is 11.9. The quantitative estimate of drug-likeness (QED) is 0.542. The van der Waals surface area contributed by atoms with E-state index in [1.54, 1.807) is 0 Å². The predicted octanol–water partition coefficient (Wildman–Crippen LogP) is 1.48. The number of hydrogen-bond acceptors (Lipinski definition) is 4. The minimum atomic E-state index is -0.832. The number of imidazole rings is 1. The number of carbonyl (C=O) groups excluding carboxylic acids is 1. The number of halogens is 1. The molecule has 0 radical (unpaired) electrons. The van der Waals surface area contributed by atoms with E-state index < -0.39 is 5.97 Å². The molecule has 0 aliphatic rings. The van der Waals surface area contributed by atoms with Gasteiger partial charge in [0.15, 0.2) is 5.82 Å². The van der Waals surface area contributed by atoms with Crippen molar-refractivity contribution in [2.45, 2.75) is 26.2 Å². The van der Waals surface area contributed by atoms with Crippen molar-refractivity contribution in [3.05, 3.63) is 11.0 Å². The lowest BCUT2D eigenvalue weighted by molar-refractivity contribution is -0.137. The van der Waals surface area contributed by atoms with Crippen LogP contribution in [0.5, 0.6) is 0 Å². The molecule has 0 aromatic carbocycles. The van der Waals surface area contributed by atoms with Gasteiger partial charge in [0.2, 0.25) is 5.28 Å². The number of hydrogen-bond donors (Lipinski definition) is 4. The molecule has 1 rings (SSSR count). The smallest absolute Gasteiger partial charge is 0.303 e. The second-order valence-electron chi connectivity index (χ2n) is 3.89. The first kappa shape index (κ1) is 15.3. The average molecular weight is 289 g/mol. The van der Waals surface area contributed by atoms with Crippen molar-refractivity contribution in [3.8, 4) is 0 Å². The molecule has 1 aromatic rings. The van der Waals surface area contributed by atoms with Crippen LogP contribution in [-0.4, -0.2) is 40.0 Å². The summed E-state index contributed by atoms with van der Waals surface area (Å²) in [4.78, 5) is 28.8. The molecule has 0 saturated carbocycles. The van der Waals surface area contributed by atoms with Crippen molar-refractivity contribution < 1.29 is 14.7 Å². The summed E-state index contributed by atoms with van der Waals surface area (Å²) in [6.45, 7) is 2.92. The number of aromatic amines is 1. The number of H-pyrrole nitrogens is 1. The molecule has 0 aliphatic carbocycles. The van der Waals surface area contributed by atoms with E-state index in [2.05, 4.69) is 20.6 Å². The summed E-state index contributed by atoms with van der Waals surface area (Å²) in [6, 6.07) is 0. The Morgan fingerprint density at radius 1 is 1.42 bits per heavy atom. The lowest BCUT2D eigenvalue weighted by Gasteiger charge is -2.05. The summed E-state index contributed by atoms with van der Waals surface area (Å²) in [7, 11) is 0. The van der Waals surface area contributed by atoms with Crippen LogP contribution in [0.15, 0.2) is 0 Å². The number of nitrogens with one attached hydrogen (secondary N) is 3. The molecule has 0 fully saturated rings. The number of aromatic nitrogens is 2. The molecule has 8 heteroatoms. The van der Waals surface area contributed by atoms with Crippen molar-refractivity contribution in [2.75, 3.05) is 18.4 Å². The predicted molar refractivity (Wildman–Crippen MR) is 71.6 cm³/mol. The standard InChI is InChI=1S/C11H17ClN4O3/c1-2-13-9-8(15-11(12)16-9)10(19)14-6-4-3-5-7(17)18/h13H,2-6H2,1H3,(H,14,19)(H,15,16)(H,17,18). The number of unbranched alkanes of at least 4 members (excludes halogenated alkanes) is 1. The second kappa shape index (κ2) is 7.63. The number of nitrogens with zero attached hydrogens (tertiary/aromatic N) is 1.